The van der Waals surface area contributed by atoms with E-state index in [1.54, 1.807) is 17.0 Å². The third-order valence-electron chi connectivity index (χ3n) is 3.32. The molecule has 1 aromatic carbocycles. The monoisotopic (exact) mass is 321 g/mol. The van der Waals surface area contributed by atoms with Gasteiger partial charge in [0.1, 0.15) is 5.75 Å². The number of anilines is 1. The summed E-state index contributed by atoms with van der Waals surface area (Å²) in [5.74, 6) is 0.655. The molecule has 6 heteroatoms. The molecule has 1 rings (SSSR count). The number of likely N-dealkylation sites (N-methyl/N-ethyl adjacent to an activating group) is 1. The number of carbonyl (C=O) groups excluding carboxylic acids is 2. The average molecular weight is 321 g/mol. The highest BCUT2D eigenvalue weighted by atomic mass is 16.5. The number of nitrogens with zero attached hydrogens (tertiary/aromatic N) is 2. The minimum Gasteiger partial charge on any atom is -0.494 e. The van der Waals surface area contributed by atoms with Gasteiger partial charge in [-0.05, 0) is 45.3 Å². The van der Waals surface area contributed by atoms with Crippen molar-refractivity contribution in [3.63, 3.8) is 0 Å². The van der Waals surface area contributed by atoms with Crippen LogP contribution in [0.4, 0.5) is 5.69 Å². The SMILES string of the molecule is CCOc1ccc(NC(=O)CCN(CCN(C)C)C(C)=O)cc1. The maximum Gasteiger partial charge on any atom is 0.226 e. The topological polar surface area (TPSA) is 61.9 Å². The van der Waals surface area contributed by atoms with Crippen LogP contribution in [0.5, 0.6) is 5.75 Å². The minimum absolute atomic E-state index is 0.0132. The number of nitrogens with one attached hydrogen (secondary N) is 1. The number of carbonyl (C=O) groups is 2. The summed E-state index contributed by atoms with van der Waals surface area (Å²) in [6.07, 6.45) is 0.278. The Balaban J connectivity index is 2.43. The van der Waals surface area contributed by atoms with E-state index in [0.717, 1.165) is 18.0 Å². The number of ether oxygens (including phenoxy) is 1. The smallest absolute Gasteiger partial charge is 0.226 e. The summed E-state index contributed by atoms with van der Waals surface area (Å²) in [5, 5.41) is 2.83. The lowest BCUT2D eigenvalue weighted by Crippen LogP contribution is -2.37. The standard InChI is InChI=1S/C17H27N3O3/c1-5-23-16-8-6-15(7-9-16)18-17(22)10-11-20(14(2)21)13-12-19(3)4/h6-9H,5,10-13H2,1-4H3,(H,18,22). The summed E-state index contributed by atoms with van der Waals surface area (Å²) in [7, 11) is 3.91. The first kappa shape index (κ1) is 19.0. The first-order chi connectivity index (χ1) is 10.9. The van der Waals surface area contributed by atoms with E-state index in [0.29, 0.717) is 19.7 Å². The first-order valence-corrected chi connectivity index (χ1v) is 7.85. The first-order valence-electron chi connectivity index (χ1n) is 7.85. The van der Waals surface area contributed by atoms with Gasteiger partial charge in [-0.2, -0.15) is 0 Å². The fourth-order valence-electron chi connectivity index (χ4n) is 2.01. The molecule has 0 unspecified atom stereocenters. The number of hydrogen-bond acceptors (Lipinski definition) is 4. The van der Waals surface area contributed by atoms with E-state index in [1.165, 1.54) is 6.92 Å². The molecular weight excluding hydrogens is 294 g/mol. The van der Waals surface area contributed by atoms with E-state index in [9.17, 15) is 9.59 Å². The van der Waals surface area contributed by atoms with Crippen LogP contribution in [0, 0.1) is 0 Å². The van der Waals surface area contributed by atoms with Crippen molar-refractivity contribution in [3.8, 4) is 5.75 Å². The number of amides is 2. The van der Waals surface area contributed by atoms with Crippen molar-refractivity contribution >= 4 is 17.5 Å². The molecule has 2 amide bonds. The van der Waals surface area contributed by atoms with Crippen molar-refractivity contribution in [2.24, 2.45) is 0 Å². The Morgan fingerprint density at radius 3 is 2.26 bits per heavy atom. The molecular formula is C17H27N3O3. The predicted octanol–water partition coefficient (Wildman–Crippen LogP) is 1.82. The van der Waals surface area contributed by atoms with E-state index in [1.807, 2.05) is 38.1 Å². The van der Waals surface area contributed by atoms with Gasteiger partial charge in [-0.3, -0.25) is 9.59 Å². The van der Waals surface area contributed by atoms with E-state index < -0.39 is 0 Å². The van der Waals surface area contributed by atoms with Gasteiger partial charge in [0.2, 0.25) is 11.8 Å². The van der Waals surface area contributed by atoms with E-state index in [-0.39, 0.29) is 18.2 Å². The van der Waals surface area contributed by atoms with Crippen LogP contribution in [-0.4, -0.2) is 62.0 Å². The second kappa shape index (κ2) is 9.84. The molecule has 0 aliphatic carbocycles. The van der Waals surface area contributed by atoms with Crippen LogP contribution in [0.25, 0.3) is 0 Å². The Kier molecular flexibility index (Phi) is 8.11. The number of rotatable bonds is 9. The van der Waals surface area contributed by atoms with E-state index in [4.69, 9.17) is 4.74 Å². The van der Waals surface area contributed by atoms with Gasteiger partial charge in [0, 0.05) is 38.7 Å². The fourth-order valence-corrected chi connectivity index (χ4v) is 2.01. The molecule has 0 saturated heterocycles. The van der Waals surface area contributed by atoms with Gasteiger partial charge in [-0.15, -0.1) is 0 Å². The van der Waals surface area contributed by atoms with Gasteiger partial charge in [0.25, 0.3) is 0 Å². The Hall–Kier alpha value is -2.08. The molecule has 6 nitrogen and oxygen atoms in total. The zero-order chi connectivity index (χ0) is 17.2. The average Bonchev–Trinajstić information content (AvgIpc) is 2.49. The third-order valence-corrected chi connectivity index (χ3v) is 3.32. The quantitative estimate of drug-likeness (QED) is 0.754. The lowest BCUT2D eigenvalue weighted by atomic mass is 10.2. The van der Waals surface area contributed by atoms with Crippen LogP contribution >= 0.6 is 0 Å². The van der Waals surface area contributed by atoms with Crippen LogP contribution in [0.15, 0.2) is 24.3 Å². The van der Waals surface area contributed by atoms with E-state index in [2.05, 4.69) is 5.32 Å². The van der Waals surface area contributed by atoms with Crippen LogP contribution in [0.3, 0.4) is 0 Å². The molecule has 0 aromatic heterocycles. The molecule has 0 bridgehead atoms. The Labute approximate surface area is 138 Å². The normalized spacial score (nSPS) is 10.5. The zero-order valence-electron chi connectivity index (χ0n) is 14.5. The molecule has 0 atom stereocenters. The second-order valence-electron chi connectivity index (χ2n) is 5.56. The van der Waals surface area contributed by atoms with Gasteiger partial charge < -0.3 is 19.9 Å². The van der Waals surface area contributed by atoms with Gasteiger partial charge in [-0.25, -0.2) is 0 Å². The Bertz CT molecular complexity index is 500. The minimum atomic E-state index is -0.106. The summed E-state index contributed by atoms with van der Waals surface area (Å²) in [5.41, 5.74) is 0.723. The summed E-state index contributed by atoms with van der Waals surface area (Å²) < 4.78 is 5.36. The molecule has 23 heavy (non-hydrogen) atoms. The maximum absolute atomic E-state index is 12.0. The Morgan fingerprint density at radius 2 is 1.74 bits per heavy atom. The molecule has 0 fully saturated rings. The van der Waals surface area contributed by atoms with Crippen molar-refractivity contribution in [2.45, 2.75) is 20.3 Å². The molecule has 0 heterocycles. The van der Waals surface area contributed by atoms with Crippen molar-refractivity contribution in [2.75, 3.05) is 45.7 Å². The predicted molar refractivity (Wildman–Crippen MR) is 91.7 cm³/mol. The fraction of sp³-hybridized carbons (Fsp3) is 0.529. The third kappa shape index (κ3) is 7.65. The van der Waals surface area contributed by atoms with Gasteiger partial charge in [0.05, 0.1) is 6.61 Å². The molecule has 1 aromatic rings. The zero-order valence-corrected chi connectivity index (χ0v) is 14.5. The van der Waals surface area contributed by atoms with Crippen molar-refractivity contribution < 1.29 is 14.3 Å². The van der Waals surface area contributed by atoms with Crippen molar-refractivity contribution in [3.05, 3.63) is 24.3 Å². The molecule has 0 radical (unpaired) electrons. The number of hydrogen-bond donors (Lipinski definition) is 1. The Morgan fingerprint density at radius 1 is 1.09 bits per heavy atom. The highest BCUT2D eigenvalue weighted by Crippen LogP contribution is 2.15. The molecule has 0 saturated carbocycles. The number of benzene rings is 1. The summed E-state index contributed by atoms with van der Waals surface area (Å²) in [6, 6.07) is 7.24. The lowest BCUT2D eigenvalue weighted by Gasteiger charge is -2.22. The van der Waals surface area contributed by atoms with Crippen molar-refractivity contribution in [1.29, 1.82) is 0 Å². The van der Waals surface area contributed by atoms with Gasteiger partial charge in [0.15, 0.2) is 0 Å². The lowest BCUT2D eigenvalue weighted by molar-refractivity contribution is -0.129. The van der Waals surface area contributed by atoms with Crippen LogP contribution in [0.2, 0.25) is 0 Å². The van der Waals surface area contributed by atoms with E-state index >= 15 is 0 Å². The second-order valence-corrected chi connectivity index (χ2v) is 5.56. The summed E-state index contributed by atoms with van der Waals surface area (Å²) in [4.78, 5) is 27.3. The molecule has 0 spiro atoms. The largest absolute Gasteiger partial charge is 0.494 e. The van der Waals surface area contributed by atoms with Crippen LogP contribution in [0.1, 0.15) is 20.3 Å². The van der Waals surface area contributed by atoms with Crippen LogP contribution < -0.4 is 10.1 Å². The molecule has 1 N–H and O–H groups in total. The van der Waals surface area contributed by atoms with Gasteiger partial charge in [-0.1, -0.05) is 0 Å². The van der Waals surface area contributed by atoms with Crippen LogP contribution in [-0.2, 0) is 9.59 Å². The maximum atomic E-state index is 12.0. The molecule has 0 aliphatic heterocycles. The summed E-state index contributed by atoms with van der Waals surface area (Å²) >= 11 is 0. The van der Waals surface area contributed by atoms with Crippen molar-refractivity contribution in [1.82, 2.24) is 9.80 Å². The highest BCUT2D eigenvalue weighted by molar-refractivity contribution is 5.91. The summed E-state index contributed by atoms with van der Waals surface area (Å²) in [6.45, 7) is 5.89. The highest BCUT2D eigenvalue weighted by Gasteiger charge is 2.11. The molecule has 128 valence electrons. The molecule has 0 aliphatic rings. The van der Waals surface area contributed by atoms with Gasteiger partial charge >= 0.3 is 0 Å².